The normalized spacial score (nSPS) is 18.0. The Morgan fingerprint density at radius 3 is 2.59 bits per heavy atom. The average Bonchev–Trinajstić information content (AvgIpc) is 2.88. The van der Waals surface area contributed by atoms with Crippen molar-refractivity contribution in [3.8, 4) is 11.1 Å². The SMILES string of the molecule is CCc1cc(-c2ccc(NS(=O)(=O)Cc3ccccc3)nc2)cc2cnc(N[C@@H]3CNC[C@@H](F)C3)nc12. The molecule has 0 amide bonds. The van der Waals surface area contributed by atoms with Gasteiger partial charge in [-0.15, -0.1) is 0 Å². The molecule has 0 bridgehead atoms. The lowest BCUT2D eigenvalue weighted by molar-refractivity contribution is 0.254. The molecular weight excluding hydrogens is 491 g/mol. The van der Waals surface area contributed by atoms with Crippen molar-refractivity contribution >= 4 is 32.7 Å². The summed E-state index contributed by atoms with van der Waals surface area (Å²) in [6.07, 6.45) is 3.75. The number of alkyl halides is 1. The van der Waals surface area contributed by atoms with Crippen LogP contribution >= 0.6 is 0 Å². The highest BCUT2D eigenvalue weighted by atomic mass is 32.2. The third-order valence-corrected chi connectivity index (χ3v) is 7.56. The lowest BCUT2D eigenvalue weighted by Gasteiger charge is -2.26. The number of aromatic nitrogens is 3. The number of rotatable bonds is 8. The lowest BCUT2D eigenvalue weighted by Crippen LogP contribution is -2.44. The predicted octanol–water partition coefficient (Wildman–Crippen LogP) is 4.31. The van der Waals surface area contributed by atoms with Gasteiger partial charge in [0.05, 0.1) is 11.3 Å². The van der Waals surface area contributed by atoms with Gasteiger partial charge in [-0.3, -0.25) is 4.72 Å². The molecule has 1 aliphatic rings. The van der Waals surface area contributed by atoms with E-state index in [1.54, 1.807) is 30.6 Å². The molecule has 0 unspecified atom stereocenters. The highest BCUT2D eigenvalue weighted by molar-refractivity contribution is 7.91. The molecule has 2 atom stereocenters. The van der Waals surface area contributed by atoms with Gasteiger partial charge in [-0.05, 0) is 47.4 Å². The number of sulfonamides is 1. The molecule has 8 nitrogen and oxygen atoms in total. The van der Waals surface area contributed by atoms with Gasteiger partial charge in [-0.1, -0.05) is 37.3 Å². The smallest absolute Gasteiger partial charge is 0.238 e. The molecule has 3 N–H and O–H groups in total. The number of pyridine rings is 1. The van der Waals surface area contributed by atoms with Gasteiger partial charge in [0.1, 0.15) is 12.0 Å². The number of halogens is 1. The molecule has 0 aliphatic carbocycles. The molecule has 2 aromatic carbocycles. The highest BCUT2D eigenvalue weighted by Gasteiger charge is 2.22. The topological polar surface area (TPSA) is 109 Å². The molecular formula is C27H29FN6O2S. The van der Waals surface area contributed by atoms with E-state index in [1.807, 2.05) is 30.3 Å². The van der Waals surface area contributed by atoms with Crippen molar-refractivity contribution in [1.29, 1.82) is 0 Å². The zero-order valence-corrected chi connectivity index (χ0v) is 21.3. The number of anilines is 2. The van der Waals surface area contributed by atoms with Crippen LogP contribution in [0.1, 0.15) is 24.5 Å². The van der Waals surface area contributed by atoms with Crippen molar-refractivity contribution in [2.75, 3.05) is 23.1 Å². The Bertz CT molecular complexity index is 1480. The quantitative estimate of drug-likeness (QED) is 0.318. The van der Waals surface area contributed by atoms with Crippen LogP contribution in [-0.2, 0) is 22.2 Å². The summed E-state index contributed by atoms with van der Waals surface area (Å²) in [5.74, 6) is 0.636. The molecule has 10 heteroatoms. The van der Waals surface area contributed by atoms with Crippen molar-refractivity contribution in [3.63, 3.8) is 0 Å². The maximum atomic E-state index is 13.7. The molecule has 2 aromatic heterocycles. The second-order valence-electron chi connectivity index (χ2n) is 9.23. The van der Waals surface area contributed by atoms with Crippen molar-refractivity contribution in [2.45, 2.75) is 37.7 Å². The summed E-state index contributed by atoms with van der Waals surface area (Å²) < 4.78 is 41.3. The minimum Gasteiger partial charge on any atom is -0.350 e. The summed E-state index contributed by atoms with van der Waals surface area (Å²) in [6.45, 7) is 3.12. The minimum atomic E-state index is -3.58. The number of nitrogens with zero attached hydrogens (tertiary/aromatic N) is 3. The van der Waals surface area contributed by atoms with Crippen LogP contribution in [-0.4, -0.2) is 48.7 Å². The van der Waals surface area contributed by atoms with E-state index in [2.05, 4.69) is 38.3 Å². The maximum absolute atomic E-state index is 13.7. The summed E-state index contributed by atoms with van der Waals surface area (Å²) in [5.41, 5.74) is 4.40. The second-order valence-corrected chi connectivity index (χ2v) is 11.0. The third-order valence-electron chi connectivity index (χ3n) is 6.33. The van der Waals surface area contributed by atoms with Gasteiger partial charge in [0.25, 0.3) is 0 Å². The summed E-state index contributed by atoms with van der Waals surface area (Å²) >= 11 is 0. The fourth-order valence-corrected chi connectivity index (χ4v) is 5.66. The number of aryl methyl sites for hydroxylation is 1. The Kier molecular flexibility index (Phi) is 7.29. The second kappa shape index (κ2) is 10.8. The van der Waals surface area contributed by atoms with E-state index in [4.69, 9.17) is 4.98 Å². The summed E-state index contributed by atoms with van der Waals surface area (Å²) in [5, 5.41) is 7.22. The van der Waals surface area contributed by atoms with Gasteiger partial charge >= 0.3 is 0 Å². The molecule has 3 heterocycles. The average molecular weight is 521 g/mol. The third kappa shape index (κ3) is 6.20. The standard InChI is InChI=1S/C27H29FN6O2S/c1-2-19-10-21(11-22-14-31-27(33-26(19)22)32-24-12-23(28)15-29-16-24)20-8-9-25(30-13-20)34-37(35,36)17-18-6-4-3-5-7-18/h3-11,13-14,23-24,29H,2,12,15-17H2,1H3,(H,30,34)(H,31,32,33)/t23-,24-/m0/s1. The zero-order chi connectivity index (χ0) is 25.8. The maximum Gasteiger partial charge on any atom is 0.238 e. The van der Waals surface area contributed by atoms with Crippen molar-refractivity contribution in [2.24, 2.45) is 0 Å². The van der Waals surface area contributed by atoms with Crippen LogP contribution in [0.25, 0.3) is 22.0 Å². The fourth-order valence-electron chi connectivity index (χ4n) is 4.52. The van der Waals surface area contributed by atoms with E-state index >= 15 is 0 Å². The van der Waals surface area contributed by atoms with Gasteiger partial charge in [-0.25, -0.2) is 27.8 Å². The Morgan fingerprint density at radius 1 is 1.03 bits per heavy atom. The number of fused-ring (bicyclic) bond motifs is 1. The predicted molar refractivity (Wildman–Crippen MR) is 145 cm³/mol. The molecule has 4 aromatic rings. The molecule has 5 rings (SSSR count). The number of piperidine rings is 1. The Morgan fingerprint density at radius 2 is 1.86 bits per heavy atom. The Labute approximate surface area is 215 Å². The van der Waals surface area contributed by atoms with Gasteiger partial charge in [0, 0.05) is 48.9 Å². The largest absolute Gasteiger partial charge is 0.350 e. The van der Waals surface area contributed by atoms with Crippen LogP contribution in [0, 0.1) is 0 Å². The Hall–Kier alpha value is -3.63. The van der Waals surface area contributed by atoms with Gasteiger partial charge < -0.3 is 10.6 Å². The molecule has 0 saturated carbocycles. The van der Waals surface area contributed by atoms with Crippen LogP contribution in [0.15, 0.2) is 67.0 Å². The molecule has 0 spiro atoms. The number of hydrogen-bond donors (Lipinski definition) is 3. The molecule has 0 radical (unpaired) electrons. The van der Waals surface area contributed by atoms with Gasteiger partial charge in [-0.2, -0.15) is 0 Å². The van der Waals surface area contributed by atoms with Crippen LogP contribution in [0.2, 0.25) is 0 Å². The first-order chi connectivity index (χ1) is 17.9. The highest BCUT2D eigenvalue weighted by Crippen LogP contribution is 2.28. The van der Waals surface area contributed by atoms with E-state index in [1.165, 1.54) is 0 Å². The fraction of sp³-hybridized carbons (Fsp3) is 0.296. The minimum absolute atomic E-state index is 0.0553. The number of hydrogen-bond acceptors (Lipinski definition) is 7. The first-order valence-electron chi connectivity index (χ1n) is 12.3. The van der Waals surface area contributed by atoms with Crippen molar-refractivity contribution < 1.29 is 12.8 Å². The zero-order valence-electron chi connectivity index (χ0n) is 20.5. The van der Waals surface area contributed by atoms with Crippen LogP contribution < -0.4 is 15.4 Å². The lowest BCUT2D eigenvalue weighted by atomic mass is 10.00. The van der Waals surface area contributed by atoms with Gasteiger partial charge in [0.15, 0.2) is 0 Å². The summed E-state index contributed by atoms with van der Waals surface area (Å²) in [6, 6.07) is 16.5. The summed E-state index contributed by atoms with van der Waals surface area (Å²) in [4.78, 5) is 13.5. The molecule has 37 heavy (non-hydrogen) atoms. The number of nitrogens with one attached hydrogen (secondary N) is 3. The molecule has 192 valence electrons. The molecule has 1 saturated heterocycles. The van der Waals surface area contributed by atoms with Crippen LogP contribution in [0.3, 0.4) is 0 Å². The monoisotopic (exact) mass is 520 g/mol. The van der Waals surface area contributed by atoms with E-state index in [0.717, 1.165) is 34.0 Å². The first-order valence-corrected chi connectivity index (χ1v) is 14.0. The van der Waals surface area contributed by atoms with Crippen molar-refractivity contribution in [1.82, 2.24) is 20.3 Å². The van der Waals surface area contributed by atoms with Crippen LogP contribution in [0.5, 0.6) is 0 Å². The first kappa shape index (κ1) is 25.0. The number of benzene rings is 2. The van der Waals surface area contributed by atoms with Crippen molar-refractivity contribution in [3.05, 3.63) is 78.1 Å². The summed E-state index contributed by atoms with van der Waals surface area (Å²) in [7, 11) is -3.58. The molecule has 1 fully saturated rings. The van der Waals surface area contributed by atoms with E-state index in [9.17, 15) is 12.8 Å². The van der Waals surface area contributed by atoms with E-state index in [0.29, 0.717) is 31.0 Å². The van der Waals surface area contributed by atoms with E-state index in [-0.39, 0.29) is 17.6 Å². The molecule has 1 aliphatic heterocycles. The van der Waals surface area contributed by atoms with Gasteiger partial charge in [0.2, 0.25) is 16.0 Å². The van der Waals surface area contributed by atoms with Crippen LogP contribution in [0.4, 0.5) is 16.2 Å². The Balaban J connectivity index is 1.34. The van der Waals surface area contributed by atoms with E-state index < -0.39 is 16.2 Å².